The van der Waals surface area contributed by atoms with Gasteiger partial charge >= 0.3 is 0 Å². The molecule has 0 radical (unpaired) electrons. The van der Waals surface area contributed by atoms with Gasteiger partial charge in [-0.1, -0.05) is 30.7 Å². The maximum atomic E-state index is 13.3. The Morgan fingerprint density at radius 1 is 0.889 bits per heavy atom. The van der Waals surface area contributed by atoms with Crippen LogP contribution < -0.4 is 14.8 Å². The van der Waals surface area contributed by atoms with E-state index in [-0.39, 0.29) is 17.6 Å². The second-order valence-corrected chi connectivity index (χ2v) is 11.2. The zero-order chi connectivity index (χ0) is 24.7. The lowest BCUT2D eigenvalue weighted by atomic mass is 10.1. The summed E-state index contributed by atoms with van der Waals surface area (Å²) in [5.41, 5.74) is 3.20. The third-order valence-corrected chi connectivity index (χ3v) is 8.87. The maximum absolute atomic E-state index is 13.3. The second-order valence-electron chi connectivity index (χ2n) is 9.24. The van der Waals surface area contributed by atoms with Crippen molar-refractivity contribution in [2.45, 2.75) is 36.9 Å². The van der Waals surface area contributed by atoms with Crippen LogP contribution in [0.4, 0.5) is 5.69 Å². The van der Waals surface area contributed by atoms with Crippen molar-refractivity contribution in [3.63, 3.8) is 0 Å². The molecule has 0 unspecified atom stereocenters. The molecule has 1 amide bonds. The summed E-state index contributed by atoms with van der Waals surface area (Å²) in [6.45, 7) is 1.71. The minimum Gasteiger partial charge on any atom is -0.454 e. The highest BCUT2D eigenvalue weighted by atomic mass is 32.2. The number of piperidine rings is 1. The fourth-order valence-electron chi connectivity index (χ4n) is 5.06. The first-order valence-corrected chi connectivity index (χ1v) is 13.6. The lowest BCUT2D eigenvalue weighted by Crippen LogP contribution is -2.35. The molecule has 6 rings (SSSR count). The predicted octanol–water partition coefficient (Wildman–Crippen LogP) is 4.36. The molecule has 0 aliphatic carbocycles. The average molecular weight is 506 g/mol. The molecule has 0 saturated carbocycles. The molecule has 3 aromatic rings. The van der Waals surface area contributed by atoms with Crippen molar-refractivity contribution in [3.8, 4) is 11.5 Å². The third-order valence-electron chi connectivity index (χ3n) is 6.96. The van der Waals surface area contributed by atoms with Crippen molar-refractivity contribution < 1.29 is 22.7 Å². The fraction of sp³-hybridized carbons (Fsp3) is 0.296. The molecule has 0 aromatic heterocycles. The number of hydrogen-bond donors (Lipinski definition) is 1. The summed E-state index contributed by atoms with van der Waals surface area (Å²) in [6.07, 6.45) is 2.46. The first-order valence-electron chi connectivity index (χ1n) is 12.2. The molecule has 1 atom stereocenters. The Balaban J connectivity index is 1.26. The molecule has 1 saturated heterocycles. The van der Waals surface area contributed by atoms with Gasteiger partial charge in [-0.25, -0.2) is 8.42 Å². The van der Waals surface area contributed by atoms with Crippen molar-refractivity contribution in [3.05, 3.63) is 83.4 Å². The first-order chi connectivity index (χ1) is 17.5. The summed E-state index contributed by atoms with van der Waals surface area (Å²) < 4.78 is 38.5. The molecule has 0 bridgehead atoms. The third kappa shape index (κ3) is 4.08. The van der Waals surface area contributed by atoms with E-state index in [2.05, 4.69) is 5.32 Å². The zero-order valence-electron chi connectivity index (χ0n) is 19.7. The van der Waals surface area contributed by atoms with Gasteiger partial charge in [0, 0.05) is 36.4 Å². The summed E-state index contributed by atoms with van der Waals surface area (Å²) in [5.74, 6) is 1.31. The summed E-state index contributed by atoms with van der Waals surface area (Å²) in [4.78, 5) is 15.4. The minimum absolute atomic E-state index is 0.0648. The van der Waals surface area contributed by atoms with E-state index in [1.807, 2.05) is 42.5 Å². The SMILES string of the molecule is O=C1c2ccccc2[C@H](Nc2ccc(S(=O)(=O)N3CCCCC3)cc2)N1Cc1ccc2c(c1)OCO2. The molecule has 1 fully saturated rings. The van der Waals surface area contributed by atoms with Gasteiger partial charge in [-0.05, 0) is 60.9 Å². The average Bonchev–Trinajstić information content (AvgIpc) is 3.48. The highest BCUT2D eigenvalue weighted by Crippen LogP contribution is 2.38. The molecule has 3 aliphatic rings. The Labute approximate surface area is 210 Å². The van der Waals surface area contributed by atoms with Crippen LogP contribution in [0, 0.1) is 0 Å². The summed E-state index contributed by atoms with van der Waals surface area (Å²) in [7, 11) is -3.50. The van der Waals surface area contributed by atoms with Crippen molar-refractivity contribution in [1.82, 2.24) is 9.21 Å². The van der Waals surface area contributed by atoms with Gasteiger partial charge in [-0.3, -0.25) is 4.79 Å². The van der Waals surface area contributed by atoms with Gasteiger partial charge in [-0.15, -0.1) is 0 Å². The number of rotatable bonds is 6. The van der Waals surface area contributed by atoms with E-state index in [1.54, 1.807) is 33.5 Å². The van der Waals surface area contributed by atoms with Crippen molar-refractivity contribution in [1.29, 1.82) is 0 Å². The molecule has 9 heteroatoms. The van der Waals surface area contributed by atoms with E-state index >= 15 is 0 Å². The van der Waals surface area contributed by atoms with E-state index in [0.717, 1.165) is 36.1 Å². The Kier molecular flexibility index (Phi) is 5.81. The van der Waals surface area contributed by atoms with Crippen LogP contribution >= 0.6 is 0 Å². The number of nitrogens with zero attached hydrogens (tertiary/aromatic N) is 2. The van der Waals surface area contributed by atoms with Crippen LogP contribution in [0.2, 0.25) is 0 Å². The first kappa shape index (κ1) is 22.9. The van der Waals surface area contributed by atoms with Gasteiger partial charge in [0.05, 0.1) is 4.90 Å². The number of ether oxygens (including phenoxy) is 2. The highest BCUT2D eigenvalue weighted by Gasteiger charge is 2.37. The monoisotopic (exact) mass is 505 g/mol. The van der Waals surface area contributed by atoms with Crippen molar-refractivity contribution in [2.75, 3.05) is 25.2 Å². The van der Waals surface area contributed by atoms with Gasteiger partial charge in [0.15, 0.2) is 11.5 Å². The van der Waals surface area contributed by atoms with Crippen LogP contribution in [0.15, 0.2) is 71.6 Å². The number of amides is 1. The Hall–Kier alpha value is -3.56. The predicted molar refractivity (Wildman–Crippen MR) is 134 cm³/mol. The number of nitrogens with one attached hydrogen (secondary N) is 1. The molecule has 186 valence electrons. The fourth-order valence-corrected chi connectivity index (χ4v) is 6.58. The number of hydrogen-bond acceptors (Lipinski definition) is 6. The van der Waals surface area contributed by atoms with Crippen LogP contribution in [0.25, 0.3) is 0 Å². The Morgan fingerprint density at radius 3 is 2.44 bits per heavy atom. The smallest absolute Gasteiger partial charge is 0.256 e. The topological polar surface area (TPSA) is 88.2 Å². The minimum atomic E-state index is -3.50. The van der Waals surface area contributed by atoms with Crippen LogP contribution in [-0.4, -0.2) is 43.4 Å². The van der Waals surface area contributed by atoms with Crippen molar-refractivity contribution in [2.24, 2.45) is 0 Å². The lowest BCUT2D eigenvalue weighted by molar-refractivity contribution is 0.0728. The molecule has 0 spiro atoms. The number of fused-ring (bicyclic) bond motifs is 2. The number of carbonyl (C=O) groups excluding carboxylic acids is 1. The van der Waals surface area contributed by atoms with E-state index in [1.165, 1.54) is 0 Å². The summed E-state index contributed by atoms with van der Waals surface area (Å²) in [5, 5.41) is 3.45. The van der Waals surface area contributed by atoms with Crippen LogP contribution in [0.5, 0.6) is 11.5 Å². The largest absolute Gasteiger partial charge is 0.454 e. The van der Waals surface area contributed by atoms with Gasteiger partial charge < -0.3 is 19.7 Å². The van der Waals surface area contributed by atoms with Crippen molar-refractivity contribution >= 4 is 21.6 Å². The number of sulfonamides is 1. The Morgan fingerprint density at radius 2 is 1.64 bits per heavy atom. The second kappa shape index (κ2) is 9.15. The lowest BCUT2D eigenvalue weighted by Gasteiger charge is -2.28. The van der Waals surface area contributed by atoms with Crippen LogP contribution in [-0.2, 0) is 16.6 Å². The van der Waals surface area contributed by atoms with Gasteiger partial charge in [-0.2, -0.15) is 4.31 Å². The highest BCUT2D eigenvalue weighted by molar-refractivity contribution is 7.89. The Bertz CT molecular complexity index is 1400. The van der Waals surface area contributed by atoms with E-state index < -0.39 is 16.2 Å². The molecule has 3 aliphatic heterocycles. The van der Waals surface area contributed by atoms with E-state index in [4.69, 9.17) is 9.47 Å². The number of carbonyl (C=O) groups is 1. The maximum Gasteiger partial charge on any atom is 0.256 e. The molecular weight excluding hydrogens is 478 g/mol. The molecule has 3 aromatic carbocycles. The molecule has 8 nitrogen and oxygen atoms in total. The standard InChI is InChI=1S/C27H27N3O5S/c31-27-23-7-3-2-6-22(23)26(30(27)17-19-8-13-24-25(16-19)35-18-34-24)28-20-9-11-21(12-10-20)36(32,33)29-14-4-1-5-15-29/h2-3,6-13,16,26,28H,1,4-5,14-15,17-18H2/t26-/m1/s1. The zero-order valence-corrected chi connectivity index (χ0v) is 20.5. The number of benzene rings is 3. The molecule has 3 heterocycles. The molecule has 36 heavy (non-hydrogen) atoms. The van der Waals surface area contributed by atoms with E-state index in [9.17, 15) is 13.2 Å². The molecule has 1 N–H and O–H groups in total. The summed E-state index contributed by atoms with van der Waals surface area (Å²) >= 11 is 0. The molecular formula is C27H27N3O5S. The normalized spacial score (nSPS) is 19.4. The van der Waals surface area contributed by atoms with Crippen LogP contribution in [0.3, 0.4) is 0 Å². The van der Waals surface area contributed by atoms with E-state index in [0.29, 0.717) is 36.7 Å². The summed E-state index contributed by atoms with van der Waals surface area (Å²) in [6, 6.07) is 20.0. The number of anilines is 1. The quantitative estimate of drug-likeness (QED) is 0.536. The van der Waals surface area contributed by atoms with Gasteiger partial charge in [0.2, 0.25) is 16.8 Å². The van der Waals surface area contributed by atoms with Gasteiger partial charge in [0.1, 0.15) is 6.17 Å². The van der Waals surface area contributed by atoms with Gasteiger partial charge in [0.25, 0.3) is 5.91 Å². The van der Waals surface area contributed by atoms with Crippen LogP contribution in [0.1, 0.15) is 46.9 Å².